The number of rotatable bonds is 10. The number of aromatic nitrogens is 4. The van der Waals surface area contributed by atoms with Gasteiger partial charge in [-0.25, -0.2) is 0 Å². The molecule has 0 spiro atoms. The van der Waals surface area contributed by atoms with Crippen molar-refractivity contribution in [3.05, 3.63) is 23.7 Å². The first-order chi connectivity index (χ1) is 14.5. The molecule has 168 valence electrons. The lowest BCUT2D eigenvalue weighted by molar-refractivity contribution is -0.145. The van der Waals surface area contributed by atoms with Crippen LogP contribution in [-0.4, -0.2) is 96.1 Å². The summed E-state index contributed by atoms with van der Waals surface area (Å²) in [5, 5.41) is 54.5. The number of hydrogen-bond acceptors (Lipinski definition) is 9. The summed E-state index contributed by atoms with van der Waals surface area (Å²) >= 11 is 0. The molecule has 0 aromatic carbocycles. The van der Waals surface area contributed by atoms with Crippen molar-refractivity contribution in [2.75, 3.05) is 26.2 Å². The molecule has 30 heavy (non-hydrogen) atoms. The van der Waals surface area contributed by atoms with Gasteiger partial charge in [-0.2, -0.15) is 0 Å². The van der Waals surface area contributed by atoms with Crippen molar-refractivity contribution in [2.24, 2.45) is 0 Å². The summed E-state index contributed by atoms with van der Waals surface area (Å²) < 4.78 is 0. The summed E-state index contributed by atoms with van der Waals surface area (Å²) in [5.41, 5.74) is 3.52. The maximum Gasteiger partial charge on any atom is 0.162 e. The molecule has 0 radical (unpaired) electrons. The van der Waals surface area contributed by atoms with Crippen LogP contribution < -0.4 is 5.32 Å². The molecule has 5 N–H and O–H groups in total. The largest absolute Gasteiger partial charge is 0.395 e. The molecule has 3 rings (SSSR count). The highest BCUT2D eigenvalue weighted by molar-refractivity contribution is 5.52. The van der Waals surface area contributed by atoms with Gasteiger partial charge in [0, 0.05) is 18.8 Å². The fourth-order valence-electron chi connectivity index (χ4n) is 4.21. The molecule has 1 aliphatic heterocycles. The van der Waals surface area contributed by atoms with Crippen LogP contribution >= 0.6 is 0 Å². The lowest BCUT2D eigenvalue weighted by Crippen LogP contribution is -2.62. The predicted octanol–water partition coefficient (Wildman–Crippen LogP) is -0.509. The third-order valence-corrected chi connectivity index (χ3v) is 6.02. The molecule has 2 aliphatic rings. The van der Waals surface area contributed by atoms with Crippen molar-refractivity contribution in [1.82, 2.24) is 30.4 Å². The highest BCUT2D eigenvalue weighted by Gasteiger charge is 2.40. The summed E-state index contributed by atoms with van der Waals surface area (Å²) in [6.07, 6.45) is 6.16. The number of aliphatic hydroxyl groups excluding tert-OH is 4. The van der Waals surface area contributed by atoms with Crippen molar-refractivity contribution < 1.29 is 20.4 Å². The summed E-state index contributed by atoms with van der Waals surface area (Å²) in [5.74, 6) is 0. The average molecular weight is 423 g/mol. The van der Waals surface area contributed by atoms with E-state index in [9.17, 15) is 20.4 Å². The highest BCUT2D eigenvalue weighted by Crippen LogP contribution is 2.24. The van der Waals surface area contributed by atoms with Gasteiger partial charge in [-0.1, -0.05) is 12.8 Å². The van der Waals surface area contributed by atoms with Crippen molar-refractivity contribution in [2.45, 2.75) is 69.8 Å². The average Bonchev–Trinajstić information content (AvgIpc) is 3.27. The minimum Gasteiger partial charge on any atom is -0.395 e. The molecular weight excluding hydrogens is 388 g/mol. The fraction of sp³-hybridized carbons (Fsp3) is 0.750. The second kappa shape index (κ2) is 11.0. The van der Waals surface area contributed by atoms with Crippen LogP contribution in [0, 0.1) is 0 Å². The van der Waals surface area contributed by atoms with Gasteiger partial charge in [-0.3, -0.25) is 4.90 Å². The van der Waals surface area contributed by atoms with Gasteiger partial charge < -0.3 is 25.7 Å². The van der Waals surface area contributed by atoms with Crippen LogP contribution in [0.1, 0.15) is 45.4 Å². The number of aliphatic hydroxyl groups is 4. The van der Waals surface area contributed by atoms with Crippen molar-refractivity contribution in [3.8, 4) is 0 Å². The second-order valence-electron chi connectivity index (χ2n) is 8.16. The molecule has 0 unspecified atom stereocenters. The van der Waals surface area contributed by atoms with Crippen LogP contribution in [-0.2, 0) is 0 Å². The number of unbranched alkanes of at least 4 members (excludes halogenated alkanes) is 3. The van der Waals surface area contributed by atoms with Crippen molar-refractivity contribution >= 4 is 5.70 Å². The molecule has 0 saturated carbocycles. The van der Waals surface area contributed by atoms with E-state index in [0.29, 0.717) is 6.54 Å². The monoisotopic (exact) mass is 422 g/mol. The molecule has 10 heteroatoms. The van der Waals surface area contributed by atoms with Crippen LogP contribution in [0.3, 0.4) is 0 Å². The number of nitrogens with zero attached hydrogens (tertiary/aromatic N) is 5. The van der Waals surface area contributed by atoms with Crippen LogP contribution in [0.25, 0.3) is 5.70 Å². The quantitative estimate of drug-likeness (QED) is 0.315. The summed E-state index contributed by atoms with van der Waals surface area (Å²) in [6, 6.07) is -0.517. The standard InChI is InChI=1S/C20H34N6O4/c1-14-10-15(26-23-13-22-24-26)6-7-16(14)21-8-4-2-3-5-9-25-11-18(28)20(30)19(29)17(25)12-27/h10,13,17-21,27-30H,2-9,11-12H2,1H3/t17-,18+,19-,20-/m1/s1. The molecular formula is C20H34N6O4. The molecule has 1 aromatic heterocycles. The fourth-order valence-corrected chi connectivity index (χ4v) is 4.21. The Bertz CT molecular complexity index is 723. The maximum absolute atomic E-state index is 10.0. The number of allylic oxidation sites excluding steroid dienone is 4. The lowest BCUT2D eigenvalue weighted by Gasteiger charge is -2.43. The molecule has 1 saturated heterocycles. The van der Waals surface area contributed by atoms with Crippen LogP contribution in [0.2, 0.25) is 0 Å². The Morgan fingerprint density at radius 2 is 1.90 bits per heavy atom. The molecule has 2 heterocycles. The van der Waals surface area contributed by atoms with Gasteiger partial charge in [0.05, 0.1) is 24.4 Å². The summed E-state index contributed by atoms with van der Waals surface area (Å²) in [7, 11) is 0. The minimum atomic E-state index is -1.19. The van der Waals surface area contributed by atoms with Crippen molar-refractivity contribution in [3.63, 3.8) is 0 Å². The Labute approximate surface area is 176 Å². The summed E-state index contributed by atoms with van der Waals surface area (Å²) in [6.45, 7) is 3.75. The SMILES string of the molecule is CC1=C(NCCCCCCN2C[C@H](O)[C@@H](O)[C@H](O)[C@H]2CO)CCC(n2ncnn2)=C1. The predicted molar refractivity (Wildman–Crippen MR) is 111 cm³/mol. The number of hydrogen-bond donors (Lipinski definition) is 5. The van der Waals surface area contributed by atoms with E-state index in [2.05, 4.69) is 33.7 Å². The normalized spacial score (nSPS) is 28.0. The molecule has 0 bridgehead atoms. The van der Waals surface area contributed by atoms with E-state index < -0.39 is 24.4 Å². The first-order valence-corrected chi connectivity index (χ1v) is 10.8. The molecule has 1 aliphatic carbocycles. The third kappa shape index (κ3) is 5.64. The van der Waals surface area contributed by atoms with Gasteiger partial charge in [0.15, 0.2) is 6.33 Å². The van der Waals surface area contributed by atoms with E-state index in [1.807, 2.05) is 4.90 Å². The van der Waals surface area contributed by atoms with E-state index in [1.165, 1.54) is 17.6 Å². The zero-order valence-electron chi connectivity index (χ0n) is 17.6. The van der Waals surface area contributed by atoms with Crippen LogP contribution in [0.4, 0.5) is 0 Å². The number of likely N-dealkylation sites (tertiary alicyclic amines) is 1. The van der Waals surface area contributed by atoms with Crippen LogP contribution in [0.15, 0.2) is 23.7 Å². The van der Waals surface area contributed by atoms with E-state index in [0.717, 1.165) is 50.8 Å². The summed E-state index contributed by atoms with van der Waals surface area (Å²) in [4.78, 5) is 3.45. The molecule has 4 atom stereocenters. The third-order valence-electron chi connectivity index (χ3n) is 6.02. The van der Waals surface area contributed by atoms with Gasteiger partial charge in [-0.15, -0.1) is 15.0 Å². The Kier molecular flexibility index (Phi) is 8.34. The Morgan fingerprint density at radius 3 is 2.60 bits per heavy atom. The smallest absolute Gasteiger partial charge is 0.162 e. The highest BCUT2D eigenvalue weighted by atomic mass is 16.4. The van der Waals surface area contributed by atoms with Gasteiger partial charge >= 0.3 is 0 Å². The van der Waals surface area contributed by atoms with E-state index in [-0.39, 0.29) is 13.2 Å². The van der Waals surface area contributed by atoms with Crippen molar-refractivity contribution in [1.29, 1.82) is 0 Å². The molecule has 1 aromatic rings. The number of β-amino-alcohol motifs (C(OH)–C–C–N with tert-alkyl or cyclic N) is 1. The zero-order chi connectivity index (χ0) is 21.5. The maximum atomic E-state index is 10.0. The van der Waals surface area contributed by atoms with Gasteiger partial charge in [0.1, 0.15) is 12.2 Å². The van der Waals surface area contributed by atoms with Gasteiger partial charge in [0.2, 0.25) is 0 Å². The molecule has 10 nitrogen and oxygen atoms in total. The molecule has 1 fully saturated rings. The molecule has 0 amide bonds. The zero-order valence-corrected chi connectivity index (χ0v) is 17.6. The van der Waals surface area contributed by atoms with E-state index in [4.69, 9.17) is 0 Å². The van der Waals surface area contributed by atoms with E-state index in [1.54, 1.807) is 4.80 Å². The topological polar surface area (TPSA) is 140 Å². The lowest BCUT2D eigenvalue weighted by atomic mass is 9.94. The number of tetrazole rings is 1. The number of piperidine rings is 1. The second-order valence-corrected chi connectivity index (χ2v) is 8.16. The first-order valence-electron chi connectivity index (χ1n) is 10.8. The Balaban J connectivity index is 1.33. The number of nitrogens with one attached hydrogen (secondary N) is 1. The first kappa shape index (κ1) is 22.8. The van der Waals surface area contributed by atoms with Crippen LogP contribution in [0.5, 0.6) is 0 Å². The Morgan fingerprint density at radius 1 is 1.10 bits per heavy atom. The minimum absolute atomic E-state index is 0.230. The van der Waals surface area contributed by atoms with Gasteiger partial charge in [-0.05, 0) is 56.0 Å². The van der Waals surface area contributed by atoms with Gasteiger partial charge in [0.25, 0.3) is 0 Å². The Hall–Kier alpha value is -1.85. The van der Waals surface area contributed by atoms with E-state index >= 15 is 0 Å².